The molecule has 9 N–H and O–H groups in total. The molecule has 1 amide bonds. The van der Waals surface area contributed by atoms with Gasteiger partial charge in [0, 0.05) is 29.4 Å². The molecule has 12 heteroatoms. The monoisotopic (exact) mass is 537 g/mol. The molecule has 0 unspecified atom stereocenters. The zero-order valence-electron chi connectivity index (χ0n) is 20.3. The molecule has 4 atom stereocenters. The van der Waals surface area contributed by atoms with Crippen LogP contribution in [0, 0.1) is 17.0 Å². The molecule has 4 rings (SSSR count). The van der Waals surface area contributed by atoms with Gasteiger partial charge in [0.15, 0.2) is 11.4 Å². The van der Waals surface area contributed by atoms with Crippen molar-refractivity contribution in [2.24, 2.45) is 17.6 Å². The highest BCUT2D eigenvalue weighted by atomic mass is 35.5. The van der Waals surface area contributed by atoms with Crippen molar-refractivity contribution < 1.29 is 57.8 Å². The minimum Gasteiger partial charge on any atom is -1.00 e. The first-order valence-electron chi connectivity index (χ1n) is 11.7. The smallest absolute Gasteiger partial charge is 0.255 e. The molecule has 202 valence electrons. The Hall–Kier alpha value is -2.96. The van der Waals surface area contributed by atoms with E-state index in [4.69, 9.17) is 5.73 Å². The van der Waals surface area contributed by atoms with Crippen LogP contribution in [-0.2, 0) is 26.2 Å². The summed E-state index contributed by atoms with van der Waals surface area (Å²) >= 11 is 0. The standard InChI is InChI=1S/C25H30N2O9.ClH/c1-24(2,6-3-7-27-36)12-5-4-10-8-11-16(20(31)15(10)19(12)30)21(32)25(35)13(18(11)29)9-14(28)17(22(25)33)23(26)34;/h4-5,11,13,18,29-31,33,35H,3,6-9,27H2,1-2H3,(H2,26,34);1H/p-1/t11-,13-,18+,25+;/m1./s1. The number of hydrogen-bond donors (Lipinski definition) is 7. The van der Waals surface area contributed by atoms with Gasteiger partial charge in [0.2, 0.25) is 5.78 Å². The van der Waals surface area contributed by atoms with Crippen LogP contribution in [0.5, 0.6) is 5.75 Å². The third kappa shape index (κ3) is 4.11. The fraction of sp³-hybridized carbons (Fsp3) is 0.480. The third-order valence-corrected chi connectivity index (χ3v) is 7.90. The number of ketones is 2. The van der Waals surface area contributed by atoms with Crippen LogP contribution in [0.25, 0.3) is 5.76 Å². The van der Waals surface area contributed by atoms with Crippen LogP contribution >= 0.6 is 0 Å². The first-order chi connectivity index (χ1) is 16.8. The van der Waals surface area contributed by atoms with E-state index >= 15 is 0 Å². The topological polar surface area (TPSA) is 218 Å². The number of benzene rings is 1. The molecule has 0 heterocycles. The van der Waals surface area contributed by atoms with Gasteiger partial charge in [-0.1, -0.05) is 26.0 Å². The summed E-state index contributed by atoms with van der Waals surface area (Å²) < 4.78 is 0. The van der Waals surface area contributed by atoms with Crippen molar-refractivity contribution in [2.45, 2.75) is 56.7 Å². The molecule has 0 aliphatic heterocycles. The van der Waals surface area contributed by atoms with E-state index in [1.807, 2.05) is 13.8 Å². The molecule has 0 radical (unpaired) electrons. The van der Waals surface area contributed by atoms with Crippen LogP contribution < -0.4 is 23.6 Å². The maximum Gasteiger partial charge on any atom is 0.255 e. The molecule has 0 spiro atoms. The van der Waals surface area contributed by atoms with E-state index in [2.05, 4.69) is 0 Å². The van der Waals surface area contributed by atoms with Crippen molar-refractivity contribution in [1.29, 1.82) is 0 Å². The van der Waals surface area contributed by atoms with Crippen LogP contribution in [0.2, 0.25) is 0 Å². The number of phenols is 1. The van der Waals surface area contributed by atoms with Gasteiger partial charge in [-0.15, -0.1) is 0 Å². The van der Waals surface area contributed by atoms with Crippen LogP contribution in [0.1, 0.15) is 49.8 Å². The fourth-order valence-corrected chi connectivity index (χ4v) is 5.92. The van der Waals surface area contributed by atoms with E-state index in [9.17, 15) is 45.1 Å². The van der Waals surface area contributed by atoms with Gasteiger partial charge in [-0.3, -0.25) is 14.4 Å². The number of carbonyl (C=O) groups excluding carboxylic acids is 3. The number of phenolic OH excluding ortho intramolecular Hbond substituents is 1. The minimum atomic E-state index is -2.85. The van der Waals surface area contributed by atoms with Gasteiger partial charge < -0.3 is 54.4 Å². The number of Topliss-reactive ketones (excluding diaryl/α,β-unsaturated/α-hetero) is 2. The minimum absolute atomic E-state index is 0. The number of halogens is 1. The van der Waals surface area contributed by atoms with Crippen molar-refractivity contribution in [3.8, 4) is 5.75 Å². The molecule has 1 saturated carbocycles. The normalized spacial score (nSPS) is 27.3. The summed E-state index contributed by atoms with van der Waals surface area (Å²) in [5.41, 5.74) is 2.09. The van der Waals surface area contributed by atoms with Crippen molar-refractivity contribution in [1.82, 2.24) is 0 Å². The molecular formula is C25H30ClN2O9-. The molecule has 37 heavy (non-hydrogen) atoms. The molecule has 0 saturated heterocycles. The highest BCUT2D eigenvalue weighted by Gasteiger charge is 2.63. The lowest BCUT2D eigenvalue weighted by Crippen LogP contribution is -3.00. The van der Waals surface area contributed by atoms with Gasteiger partial charge in [-0.25, -0.2) is 0 Å². The van der Waals surface area contributed by atoms with Gasteiger partial charge >= 0.3 is 0 Å². The van der Waals surface area contributed by atoms with Crippen molar-refractivity contribution in [2.75, 3.05) is 6.54 Å². The molecule has 1 aromatic carbocycles. The number of rotatable bonds is 6. The Morgan fingerprint density at radius 2 is 1.86 bits per heavy atom. The number of fused-ring (bicyclic) bond motifs is 3. The van der Waals surface area contributed by atoms with E-state index in [0.29, 0.717) is 30.5 Å². The number of aromatic hydroxyl groups is 1. The molecule has 11 nitrogen and oxygen atoms in total. The Morgan fingerprint density at radius 3 is 2.46 bits per heavy atom. The van der Waals surface area contributed by atoms with Crippen LogP contribution in [0.15, 0.2) is 29.0 Å². The number of amides is 1. The molecule has 3 aliphatic carbocycles. The number of aliphatic hydroxyl groups excluding tert-OH is 3. The summed E-state index contributed by atoms with van der Waals surface area (Å²) in [6.45, 7) is 4.08. The highest BCUT2D eigenvalue weighted by Crippen LogP contribution is 2.53. The van der Waals surface area contributed by atoms with Gasteiger partial charge in [0.25, 0.3) is 5.91 Å². The van der Waals surface area contributed by atoms with E-state index < -0.39 is 75.5 Å². The average molecular weight is 538 g/mol. The van der Waals surface area contributed by atoms with Gasteiger partial charge in [-0.05, 0) is 30.2 Å². The summed E-state index contributed by atoms with van der Waals surface area (Å²) in [7, 11) is 0. The molecule has 1 aromatic rings. The first kappa shape index (κ1) is 28.6. The molecular weight excluding hydrogens is 508 g/mol. The Bertz CT molecular complexity index is 1240. The second-order valence-electron chi connectivity index (χ2n) is 10.4. The van der Waals surface area contributed by atoms with E-state index in [1.165, 1.54) is 0 Å². The zero-order chi connectivity index (χ0) is 26.7. The molecule has 3 aliphatic rings. The average Bonchev–Trinajstić information content (AvgIpc) is 2.79. The number of hydrogen-bond acceptors (Lipinski definition) is 9. The number of nitrogens with two attached hydrogens (primary N) is 2. The van der Waals surface area contributed by atoms with Crippen molar-refractivity contribution in [3.05, 3.63) is 50.9 Å². The second-order valence-corrected chi connectivity index (χ2v) is 10.4. The fourth-order valence-electron chi connectivity index (χ4n) is 5.92. The Morgan fingerprint density at radius 1 is 1.22 bits per heavy atom. The van der Waals surface area contributed by atoms with Crippen LogP contribution in [0.4, 0.5) is 0 Å². The zero-order valence-corrected chi connectivity index (χ0v) is 21.1. The Kier molecular flexibility index (Phi) is 7.52. The summed E-state index contributed by atoms with van der Waals surface area (Å²) in [5.74, 6) is -8.10. The summed E-state index contributed by atoms with van der Waals surface area (Å²) in [4.78, 5) is 37.8. The highest BCUT2D eigenvalue weighted by molar-refractivity contribution is 6.22. The number of aliphatic hydroxyl groups is 4. The lowest BCUT2D eigenvalue weighted by molar-refractivity contribution is -0.589. The van der Waals surface area contributed by atoms with E-state index in [-0.39, 0.29) is 30.1 Å². The van der Waals surface area contributed by atoms with Gasteiger partial charge in [-0.2, -0.15) is 0 Å². The number of quaternary nitrogens is 1. The van der Waals surface area contributed by atoms with Crippen LogP contribution in [0.3, 0.4) is 0 Å². The second kappa shape index (κ2) is 9.73. The quantitative estimate of drug-likeness (QED) is 0.109. The third-order valence-electron chi connectivity index (χ3n) is 7.90. The molecule has 0 aromatic heterocycles. The number of hydroxylamine groups is 1. The maximum atomic E-state index is 13.6. The predicted octanol–water partition coefficient (Wildman–Crippen LogP) is -3.48. The van der Waals surface area contributed by atoms with E-state index in [0.717, 1.165) is 5.48 Å². The predicted molar refractivity (Wildman–Crippen MR) is 125 cm³/mol. The molecule has 1 fully saturated rings. The SMILES string of the molecule is CC(C)(CCC[NH2+][O-])c1ccc2c(c1O)C(O)=C1C(=O)[C@]3(O)C(O)=C(C(N)=O)C(=O)C[C@@H]3[C@@H](O)[C@@H]1C2.[Cl-]. The van der Waals surface area contributed by atoms with Gasteiger partial charge in [0.05, 0.1) is 18.2 Å². The summed E-state index contributed by atoms with van der Waals surface area (Å²) in [5, 5.41) is 66.2. The largest absolute Gasteiger partial charge is 1.00 e. The lowest BCUT2D eigenvalue weighted by Gasteiger charge is -2.48. The first-order valence-corrected chi connectivity index (χ1v) is 11.7. The van der Waals surface area contributed by atoms with Crippen molar-refractivity contribution >= 4 is 23.2 Å². The summed E-state index contributed by atoms with van der Waals surface area (Å²) in [6, 6.07) is 3.37. The summed E-state index contributed by atoms with van der Waals surface area (Å²) in [6.07, 6.45) is -1.01. The number of carbonyl (C=O) groups is 3. The van der Waals surface area contributed by atoms with Gasteiger partial charge in [0.1, 0.15) is 22.8 Å². The lowest BCUT2D eigenvalue weighted by atomic mass is 9.57. The van der Waals surface area contributed by atoms with Crippen molar-refractivity contribution in [3.63, 3.8) is 0 Å². The van der Waals surface area contributed by atoms with E-state index in [1.54, 1.807) is 12.1 Å². The molecule has 0 bridgehead atoms. The Balaban J connectivity index is 0.00000380. The van der Waals surface area contributed by atoms with Crippen LogP contribution in [-0.4, -0.2) is 61.3 Å². The number of primary amides is 1. The Labute approximate surface area is 218 Å². The maximum absolute atomic E-state index is 13.6.